The van der Waals surface area contributed by atoms with Gasteiger partial charge in [-0.3, -0.25) is 9.59 Å². The van der Waals surface area contributed by atoms with Gasteiger partial charge in [-0.05, 0) is 43.7 Å². The third-order valence-electron chi connectivity index (χ3n) is 4.18. The molecule has 0 atom stereocenters. The van der Waals surface area contributed by atoms with Crippen molar-refractivity contribution in [2.24, 2.45) is 4.99 Å². The minimum absolute atomic E-state index is 0.0901. The fraction of sp³-hybridized carbons (Fsp3) is 0.227. The van der Waals surface area contributed by atoms with Crippen LogP contribution >= 0.6 is 23.4 Å². The van der Waals surface area contributed by atoms with Crippen LogP contribution < -0.4 is 10.6 Å². The summed E-state index contributed by atoms with van der Waals surface area (Å²) in [6.07, 6.45) is 1.86. The average molecular weight is 444 g/mol. The maximum absolute atomic E-state index is 12.4. The number of esters is 1. The molecule has 0 bridgehead atoms. The first kappa shape index (κ1) is 21.9. The SMILES string of the molecule is CCOC(=O)CC1=CC(SCC(=O)Nc2cccc(C)c2Cl)=Nc2ccccc2N1. The number of amides is 1. The molecule has 0 saturated heterocycles. The van der Waals surface area contributed by atoms with Crippen molar-refractivity contribution in [3.05, 3.63) is 64.8 Å². The van der Waals surface area contributed by atoms with Gasteiger partial charge < -0.3 is 15.4 Å². The summed E-state index contributed by atoms with van der Waals surface area (Å²) in [5.41, 5.74) is 3.66. The van der Waals surface area contributed by atoms with Gasteiger partial charge in [-0.15, -0.1) is 0 Å². The number of fused-ring (bicyclic) bond motifs is 1. The lowest BCUT2D eigenvalue weighted by Gasteiger charge is -2.10. The molecule has 0 spiro atoms. The minimum Gasteiger partial charge on any atom is -0.466 e. The summed E-state index contributed by atoms with van der Waals surface area (Å²) in [7, 11) is 0. The van der Waals surface area contributed by atoms with E-state index in [0.29, 0.717) is 28.1 Å². The zero-order valence-corrected chi connectivity index (χ0v) is 18.3. The molecule has 1 aliphatic rings. The lowest BCUT2D eigenvalue weighted by molar-refractivity contribution is -0.142. The van der Waals surface area contributed by atoms with Crippen molar-refractivity contribution >= 4 is 57.3 Å². The zero-order chi connectivity index (χ0) is 21.5. The molecule has 6 nitrogen and oxygen atoms in total. The molecule has 2 aromatic rings. The number of aliphatic imine (C=N–C) groups is 1. The van der Waals surface area contributed by atoms with Gasteiger partial charge in [0.2, 0.25) is 5.91 Å². The number of anilines is 2. The first-order valence-electron chi connectivity index (χ1n) is 9.45. The number of thioether (sulfide) groups is 1. The van der Waals surface area contributed by atoms with Crippen molar-refractivity contribution in [1.29, 1.82) is 0 Å². The second-order valence-electron chi connectivity index (χ2n) is 6.52. The highest BCUT2D eigenvalue weighted by atomic mass is 35.5. The van der Waals surface area contributed by atoms with Crippen molar-refractivity contribution in [1.82, 2.24) is 0 Å². The Balaban J connectivity index is 1.73. The molecular formula is C22H22ClN3O3S. The van der Waals surface area contributed by atoms with E-state index < -0.39 is 0 Å². The molecule has 0 unspecified atom stereocenters. The number of nitrogens with zero attached hydrogens (tertiary/aromatic N) is 1. The number of carbonyl (C=O) groups is 2. The Labute approximate surface area is 184 Å². The van der Waals surface area contributed by atoms with Gasteiger partial charge in [0, 0.05) is 5.70 Å². The summed E-state index contributed by atoms with van der Waals surface area (Å²) in [5.74, 6) is -0.373. The molecular weight excluding hydrogens is 422 g/mol. The van der Waals surface area contributed by atoms with Gasteiger partial charge in [-0.1, -0.05) is 47.6 Å². The number of ether oxygens (including phenoxy) is 1. The molecule has 0 radical (unpaired) electrons. The fourth-order valence-electron chi connectivity index (χ4n) is 2.79. The molecule has 0 aliphatic carbocycles. The molecule has 156 valence electrons. The number of carbonyl (C=O) groups excluding carboxylic acids is 2. The van der Waals surface area contributed by atoms with E-state index in [0.717, 1.165) is 16.9 Å². The van der Waals surface area contributed by atoms with Gasteiger partial charge in [0.1, 0.15) is 0 Å². The number of nitrogens with one attached hydrogen (secondary N) is 2. The van der Waals surface area contributed by atoms with Crippen LogP contribution in [0.3, 0.4) is 0 Å². The Morgan fingerprint density at radius 3 is 2.80 bits per heavy atom. The van der Waals surface area contributed by atoms with Gasteiger partial charge in [0.25, 0.3) is 0 Å². The Hall–Kier alpha value is -2.77. The standard InChI is InChI=1S/C22H22ClN3O3S/c1-3-29-21(28)12-15-11-20(26-17-9-5-4-8-16(17)24-15)30-13-19(27)25-18-10-6-7-14(2)22(18)23/h4-11,24H,3,12-13H2,1-2H3,(H,25,27). The Bertz CT molecular complexity index is 1020. The van der Waals surface area contributed by atoms with E-state index >= 15 is 0 Å². The molecule has 0 aromatic heterocycles. The second-order valence-corrected chi connectivity index (χ2v) is 7.89. The van der Waals surface area contributed by atoms with Crippen LogP contribution in [0.5, 0.6) is 0 Å². The van der Waals surface area contributed by atoms with Crippen LogP contribution in [-0.2, 0) is 14.3 Å². The van der Waals surface area contributed by atoms with Crippen molar-refractivity contribution < 1.29 is 14.3 Å². The maximum Gasteiger partial charge on any atom is 0.311 e. The van der Waals surface area contributed by atoms with Crippen molar-refractivity contribution in [3.63, 3.8) is 0 Å². The average Bonchev–Trinajstić information content (AvgIpc) is 2.88. The molecule has 30 heavy (non-hydrogen) atoms. The lowest BCUT2D eigenvalue weighted by Crippen LogP contribution is -2.15. The predicted molar refractivity (Wildman–Crippen MR) is 124 cm³/mol. The fourth-order valence-corrected chi connectivity index (χ4v) is 3.71. The summed E-state index contributed by atoms with van der Waals surface area (Å²) in [6, 6.07) is 13.0. The first-order valence-corrected chi connectivity index (χ1v) is 10.8. The van der Waals surface area contributed by atoms with Crippen LogP contribution in [0.1, 0.15) is 18.9 Å². The highest BCUT2D eigenvalue weighted by Gasteiger charge is 2.16. The van der Waals surface area contributed by atoms with E-state index in [2.05, 4.69) is 15.6 Å². The number of hydrogen-bond acceptors (Lipinski definition) is 6. The summed E-state index contributed by atoms with van der Waals surface area (Å²) < 4.78 is 5.05. The molecule has 1 heterocycles. The Kier molecular flexibility index (Phi) is 7.54. The van der Waals surface area contributed by atoms with Crippen LogP contribution in [0.4, 0.5) is 17.1 Å². The highest BCUT2D eigenvalue weighted by molar-refractivity contribution is 8.14. The number of aryl methyl sites for hydroxylation is 1. The van der Waals surface area contributed by atoms with Crippen molar-refractivity contribution in [3.8, 4) is 0 Å². The molecule has 8 heteroatoms. The largest absolute Gasteiger partial charge is 0.466 e. The minimum atomic E-state index is -0.327. The summed E-state index contributed by atoms with van der Waals surface area (Å²) in [6.45, 7) is 3.97. The quantitative estimate of drug-likeness (QED) is 0.591. The smallest absolute Gasteiger partial charge is 0.311 e. The second kappa shape index (κ2) is 10.3. The summed E-state index contributed by atoms with van der Waals surface area (Å²) in [4.78, 5) is 29.0. The van der Waals surface area contributed by atoms with Gasteiger partial charge in [-0.25, -0.2) is 4.99 Å². The van der Waals surface area contributed by atoms with Gasteiger partial charge in [0.05, 0.1) is 45.9 Å². The third kappa shape index (κ3) is 5.87. The molecule has 1 amide bonds. The van der Waals surface area contributed by atoms with E-state index in [9.17, 15) is 9.59 Å². The van der Waals surface area contributed by atoms with E-state index in [1.54, 1.807) is 19.1 Å². The first-order chi connectivity index (χ1) is 14.5. The molecule has 1 aliphatic heterocycles. The molecule has 2 aromatic carbocycles. The number of halogens is 1. The third-order valence-corrected chi connectivity index (χ3v) is 5.60. The zero-order valence-electron chi connectivity index (χ0n) is 16.7. The number of rotatable bonds is 6. The monoisotopic (exact) mass is 443 g/mol. The van der Waals surface area contributed by atoms with Gasteiger partial charge in [0.15, 0.2) is 0 Å². The normalized spacial score (nSPS) is 12.6. The van der Waals surface area contributed by atoms with Gasteiger partial charge >= 0.3 is 5.97 Å². The van der Waals surface area contributed by atoms with Crippen LogP contribution in [0.2, 0.25) is 5.02 Å². The van der Waals surface area contributed by atoms with Crippen LogP contribution in [0, 0.1) is 6.92 Å². The topological polar surface area (TPSA) is 79.8 Å². The number of para-hydroxylation sites is 2. The Morgan fingerprint density at radius 1 is 1.20 bits per heavy atom. The van der Waals surface area contributed by atoms with Crippen molar-refractivity contribution in [2.45, 2.75) is 20.3 Å². The van der Waals surface area contributed by atoms with E-state index in [1.165, 1.54) is 11.8 Å². The summed E-state index contributed by atoms with van der Waals surface area (Å²) in [5, 5.41) is 7.21. The van der Waals surface area contributed by atoms with Crippen LogP contribution in [0.25, 0.3) is 0 Å². The maximum atomic E-state index is 12.4. The molecule has 0 fully saturated rings. The van der Waals surface area contributed by atoms with Crippen molar-refractivity contribution in [2.75, 3.05) is 23.0 Å². The number of hydrogen-bond donors (Lipinski definition) is 2. The van der Waals surface area contributed by atoms with Crippen LogP contribution in [0.15, 0.2) is 59.2 Å². The molecule has 2 N–H and O–H groups in total. The summed E-state index contributed by atoms with van der Waals surface area (Å²) >= 11 is 7.53. The Morgan fingerprint density at radius 2 is 2.00 bits per heavy atom. The lowest BCUT2D eigenvalue weighted by atomic mass is 10.2. The highest BCUT2D eigenvalue weighted by Crippen LogP contribution is 2.31. The van der Waals surface area contributed by atoms with E-state index in [1.807, 2.05) is 43.3 Å². The predicted octanol–water partition coefficient (Wildman–Crippen LogP) is 5.31. The molecule has 0 saturated carbocycles. The van der Waals surface area contributed by atoms with Crippen LogP contribution in [-0.4, -0.2) is 29.3 Å². The van der Waals surface area contributed by atoms with Gasteiger partial charge in [-0.2, -0.15) is 0 Å². The van der Waals surface area contributed by atoms with E-state index in [-0.39, 0.29) is 24.1 Å². The van der Waals surface area contributed by atoms with E-state index in [4.69, 9.17) is 16.3 Å². The molecule has 3 rings (SSSR count). The number of benzene rings is 2.